The summed E-state index contributed by atoms with van der Waals surface area (Å²) in [6.07, 6.45) is 6.40. The molecule has 2 aromatic heterocycles. The lowest BCUT2D eigenvalue weighted by molar-refractivity contribution is -0.131. The highest BCUT2D eigenvalue weighted by Crippen LogP contribution is 2.24. The van der Waals surface area contributed by atoms with E-state index in [1.165, 1.54) is 22.5 Å². The number of aromatic nitrogens is 3. The first-order valence-electron chi connectivity index (χ1n) is 7.00. The first-order valence-corrected chi connectivity index (χ1v) is 9.53. The van der Waals surface area contributed by atoms with Crippen LogP contribution in [0.1, 0.15) is 0 Å². The van der Waals surface area contributed by atoms with Gasteiger partial charge in [0.05, 0.1) is 5.75 Å². The van der Waals surface area contributed by atoms with E-state index in [2.05, 4.69) is 9.97 Å². The number of hydrogen-bond donors (Lipinski definition) is 0. The van der Waals surface area contributed by atoms with Crippen molar-refractivity contribution in [3.63, 3.8) is 0 Å². The highest BCUT2D eigenvalue weighted by Gasteiger charge is 2.42. The molecule has 1 fully saturated rings. The molecule has 2 aromatic rings. The number of amides is 1. The molecule has 1 saturated heterocycles. The number of sulfone groups is 1. The van der Waals surface area contributed by atoms with Gasteiger partial charge in [-0.05, 0) is 12.1 Å². The normalized spacial score (nSPS) is 15.4. The Bertz CT molecular complexity index is 798. The molecule has 7 nitrogen and oxygen atoms in total. The molecule has 9 heteroatoms. The second-order valence-corrected chi connectivity index (χ2v) is 8.43. The van der Waals surface area contributed by atoms with Crippen LogP contribution in [0.15, 0.2) is 47.0 Å². The van der Waals surface area contributed by atoms with Crippen LogP contribution >= 0.6 is 11.8 Å². The number of rotatable bonds is 5. The smallest absolute Gasteiger partial charge is 0.233 e. The average Bonchev–Trinajstić information content (AvgIpc) is 2.91. The van der Waals surface area contributed by atoms with Crippen LogP contribution in [-0.4, -0.2) is 57.9 Å². The van der Waals surface area contributed by atoms with Gasteiger partial charge in [-0.1, -0.05) is 0 Å². The Morgan fingerprint density at radius 1 is 1.30 bits per heavy atom. The second kappa shape index (κ2) is 6.32. The Morgan fingerprint density at radius 3 is 2.61 bits per heavy atom. The Kier molecular flexibility index (Phi) is 4.40. The minimum absolute atomic E-state index is 0.0563. The monoisotopic (exact) mass is 352 g/mol. The molecule has 1 amide bonds. The summed E-state index contributed by atoms with van der Waals surface area (Å²) in [6, 6.07) is 3.67. The molecule has 0 N–H and O–H groups in total. The number of imidazole rings is 1. The second-order valence-electron chi connectivity index (χ2n) is 5.26. The fourth-order valence-corrected chi connectivity index (χ4v) is 4.79. The third-order valence-electron chi connectivity index (χ3n) is 3.68. The zero-order chi connectivity index (χ0) is 16.4. The Morgan fingerprint density at radius 2 is 2.00 bits per heavy atom. The molecule has 122 valence electrons. The van der Waals surface area contributed by atoms with Crippen LogP contribution in [0.2, 0.25) is 0 Å². The van der Waals surface area contributed by atoms with Crippen molar-refractivity contribution in [2.75, 3.05) is 18.8 Å². The number of likely N-dealkylation sites (tertiary alicyclic amines) is 1. The minimum Gasteiger partial charge on any atom is -0.339 e. The van der Waals surface area contributed by atoms with Crippen LogP contribution in [0, 0.1) is 0 Å². The van der Waals surface area contributed by atoms with Crippen molar-refractivity contribution in [2.24, 2.45) is 7.05 Å². The van der Waals surface area contributed by atoms with Gasteiger partial charge in [0.25, 0.3) is 0 Å². The summed E-state index contributed by atoms with van der Waals surface area (Å²) < 4.78 is 26.3. The molecule has 3 heterocycles. The van der Waals surface area contributed by atoms with Crippen molar-refractivity contribution in [3.8, 4) is 0 Å². The van der Waals surface area contributed by atoms with Gasteiger partial charge in [0.1, 0.15) is 5.25 Å². The zero-order valence-electron chi connectivity index (χ0n) is 12.5. The zero-order valence-corrected chi connectivity index (χ0v) is 14.1. The van der Waals surface area contributed by atoms with E-state index in [9.17, 15) is 13.2 Å². The molecule has 0 aliphatic carbocycles. The summed E-state index contributed by atoms with van der Waals surface area (Å²) in [7, 11) is -1.83. The molecule has 3 rings (SSSR count). The fourth-order valence-electron chi connectivity index (χ4n) is 2.28. The summed E-state index contributed by atoms with van der Waals surface area (Å²) in [6.45, 7) is 0.454. The SMILES string of the molecule is Cn1ccnc1S(=O)(=O)C1CN(C(=O)CSc2ccncc2)C1. The highest BCUT2D eigenvalue weighted by molar-refractivity contribution is 8.00. The summed E-state index contributed by atoms with van der Waals surface area (Å²) in [5, 5.41) is -0.515. The lowest BCUT2D eigenvalue weighted by Crippen LogP contribution is -2.57. The molecule has 0 spiro atoms. The van der Waals surface area contributed by atoms with Crippen LogP contribution in [-0.2, 0) is 21.7 Å². The molecule has 23 heavy (non-hydrogen) atoms. The van der Waals surface area contributed by atoms with Gasteiger partial charge in [-0.25, -0.2) is 13.4 Å². The third kappa shape index (κ3) is 3.25. The summed E-state index contributed by atoms with van der Waals surface area (Å²) in [5.41, 5.74) is 0. The standard InChI is InChI=1S/C14H16N4O3S2/c1-17-7-6-16-14(17)23(20,21)12-8-18(9-12)13(19)10-22-11-2-4-15-5-3-11/h2-7,12H,8-10H2,1H3. The Balaban J connectivity index is 1.54. The quantitative estimate of drug-likeness (QED) is 0.732. The molecule has 0 unspecified atom stereocenters. The number of nitrogens with zero attached hydrogens (tertiary/aromatic N) is 4. The summed E-state index contributed by atoms with van der Waals surface area (Å²) in [5.74, 6) is 0.234. The predicted octanol–water partition coefficient (Wildman–Crippen LogP) is 0.592. The maximum atomic E-state index is 12.4. The van der Waals surface area contributed by atoms with Gasteiger partial charge in [-0.2, -0.15) is 0 Å². The van der Waals surface area contributed by atoms with E-state index in [0.717, 1.165) is 4.90 Å². The Labute approximate surface area is 138 Å². The van der Waals surface area contributed by atoms with Crippen molar-refractivity contribution in [1.29, 1.82) is 0 Å². The molecular formula is C14H16N4O3S2. The average molecular weight is 352 g/mol. The molecule has 1 aliphatic rings. The van der Waals surface area contributed by atoms with E-state index in [0.29, 0.717) is 5.75 Å². The van der Waals surface area contributed by atoms with Crippen LogP contribution in [0.4, 0.5) is 0 Å². The third-order valence-corrected chi connectivity index (χ3v) is 6.76. The van der Waals surface area contributed by atoms with E-state index >= 15 is 0 Å². The highest BCUT2D eigenvalue weighted by atomic mass is 32.2. The van der Waals surface area contributed by atoms with Gasteiger partial charge < -0.3 is 9.47 Å². The molecular weight excluding hydrogens is 336 g/mol. The number of hydrogen-bond acceptors (Lipinski definition) is 6. The van der Waals surface area contributed by atoms with Crippen molar-refractivity contribution < 1.29 is 13.2 Å². The number of carbonyl (C=O) groups excluding carboxylic acids is 1. The number of aryl methyl sites for hydroxylation is 1. The lowest BCUT2D eigenvalue weighted by atomic mass is 10.2. The minimum atomic E-state index is -3.48. The van der Waals surface area contributed by atoms with Crippen molar-refractivity contribution in [3.05, 3.63) is 36.9 Å². The predicted molar refractivity (Wildman–Crippen MR) is 85.7 cm³/mol. The van der Waals surface area contributed by atoms with Gasteiger partial charge in [-0.15, -0.1) is 11.8 Å². The van der Waals surface area contributed by atoms with Gasteiger partial charge in [-0.3, -0.25) is 9.78 Å². The lowest BCUT2D eigenvalue weighted by Gasteiger charge is -2.38. The van der Waals surface area contributed by atoms with Crippen LogP contribution < -0.4 is 0 Å². The molecule has 1 aliphatic heterocycles. The first-order chi connectivity index (χ1) is 11.0. The molecule has 0 radical (unpaired) electrons. The number of thioether (sulfide) groups is 1. The summed E-state index contributed by atoms with van der Waals surface area (Å²) in [4.78, 5) is 22.4. The van der Waals surface area contributed by atoms with E-state index in [-0.39, 0.29) is 24.2 Å². The number of pyridine rings is 1. The molecule has 0 aromatic carbocycles. The number of carbonyl (C=O) groups is 1. The maximum absolute atomic E-state index is 12.4. The molecule has 0 atom stereocenters. The van der Waals surface area contributed by atoms with E-state index in [1.807, 2.05) is 12.1 Å². The Hall–Kier alpha value is -1.87. The van der Waals surface area contributed by atoms with Crippen molar-refractivity contribution >= 4 is 27.5 Å². The summed E-state index contributed by atoms with van der Waals surface area (Å²) >= 11 is 1.42. The van der Waals surface area contributed by atoms with Gasteiger partial charge >= 0.3 is 0 Å². The largest absolute Gasteiger partial charge is 0.339 e. The van der Waals surface area contributed by atoms with Crippen molar-refractivity contribution in [1.82, 2.24) is 19.4 Å². The van der Waals surface area contributed by atoms with E-state index < -0.39 is 15.1 Å². The van der Waals surface area contributed by atoms with E-state index in [4.69, 9.17) is 0 Å². The molecule has 0 saturated carbocycles. The van der Waals surface area contributed by atoms with Gasteiger partial charge in [0.15, 0.2) is 0 Å². The fraction of sp³-hybridized carbons (Fsp3) is 0.357. The first kappa shape index (κ1) is 16.0. The maximum Gasteiger partial charge on any atom is 0.233 e. The van der Waals surface area contributed by atoms with Crippen LogP contribution in [0.25, 0.3) is 0 Å². The van der Waals surface area contributed by atoms with Gasteiger partial charge in [0.2, 0.25) is 20.9 Å². The van der Waals surface area contributed by atoms with Crippen LogP contribution in [0.5, 0.6) is 0 Å². The molecule has 0 bridgehead atoms. The topological polar surface area (TPSA) is 85.2 Å². The van der Waals surface area contributed by atoms with Crippen molar-refractivity contribution in [2.45, 2.75) is 15.3 Å². The van der Waals surface area contributed by atoms with E-state index in [1.54, 1.807) is 30.5 Å². The van der Waals surface area contributed by atoms with Crippen LogP contribution in [0.3, 0.4) is 0 Å². The van der Waals surface area contributed by atoms with Gasteiger partial charge in [0, 0.05) is 49.8 Å².